The minimum atomic E-state index is -0.513. The zero-order chi connectivity index (χ0) is 13.8. The van der Waals surface area contributed by atoms with Crippen molar-refractivity contribution in [1.82, 2.24) is 4.90 Å². The maximum absolute atomic E-state index is 11.9. The number of hydrogen-bond acceptors (Lipinski definition) is 5. The lowest BCUT2D eigenvalue weighted by molar-refractivity contribution is -0.142. The van der Waals surface area contributed by atoms with Gasteiger partial charge in [0.05, 0.1) is 6.61 Å². The van der Waals surface area contributed by atoms with Crippen LogP contribution in [0.5, 0.6) is 0 Å². The van der Waals surface area contributed by atoms with E-state index in [0.717, 1.165) is 5.75 Å². The Morgan fingerprint density at radius 2 is 2.06 bits per heavy atom. The Labute approximate surface area is 112 Å². The molecule has 18 heavy (non-hydrogen) atoms. The topological polar surface area (TPSA) is 55.8 Å². The van der Waals surface area contributed by atoms with E-state index in [-0.39, 0.29) is 17.3 Å². The molecule has 1 atom stereocenters. The molecule has 6 heteroatoms. The highest BCUT2D eigenvalue weighted by Crippen LogP contribution is 2.21. The van der Waals surface area contributed by atoms with E-state index in [2.05, 4.69) is 0 Å². The highest BCUT2D eigenvalue weighted by atomic mass is 32.2. The van der Waals surface area contributed by atoms with Crippen molar-refractivity contribution in [1.29, 1.82) is 0 Å². The summed E-state index contributed by atoms with van der Waals surface area (Å²) in [5.74, 6) is 0.471. The van der Waals surface area contributed by atoms with Gasteiger partial charge in [0, 0.05) is 18.8 Å². The van der Waals surface area contributed by atoms with Gasteiger partial charge >= 0.3 is 12.1 Å². The fourth-order valence-electron chi connectivity index (χ4n) is 1.52. The van der Waals surface area contributed by atoms with Crippen molar-refractivity contribution in [2.45, 2.75) is 38.5 Å². The number of rotatable bonds is 2. The van der Waals surface area contributed by atoms with Gasteiger partial charge in [0.15, 0.2) is 0 Å². The second-order valence-corrected chi connectivity index (χ2v) is 6.35. The molecule has 0 aromatic heterocycles. The highest BCUT2D eigenvalue weighted by molar-refractivity contribution is 8.00. The summed E-state index contributed by atoms with van der Waals surface area (Å²) in [6.45, 7) is 8.58. The van der Waals surface area contributed by atoms with E-state index in [1.807, 2.05) is 20.8 Å². The molecule has 1 heterocycles. The summed E-state index contributed by atoms with van der Waals surface area (Å²) in [5, 5.41) is -0.300. The van der Waals surface area contributed by atoms with Crippen molar-refractivity contribution in [3.63, 3.8) is 0 Å². The standard InChI is InChI=1S/C12H21NO4S/c1-5-16-10(14)9-8-13(6-7-18-9)11(15)17-12(2,3)4/h9H,5-8H2,1-4H3/t9-/m0/s1. The summed E-state index contributed by atoms with van der Waals surface area (Å²) in [7, 11) is 0. The minimum absolute atomic E-state index is 0.254. The fraction of sp³-hybridized carbons (Fsp3) is 0.833. The maximum Gasteiger partial charge on any atom is 0.410 e. The second-order valence-electron chi connectivity index (χ2n) is 5.04. The predicted molar refractivity (Wildman–Crippen MR) is 70.7 cm³/mol. The Bertz CT molecular complexity index is 314. The number of carbonyl (C=O) groups is 2. The quantitative estimate of drug-likeness (QED) is 0.720. The summed E-state index contributed by atoms with van der Waals surface area (Å²) in [5.41, 5.74) is -0.513. The van der Waals surface area contributed by atoms with Crippen LogP contribution in [0, 0.1) is 0 Å². The molecule has 1 aliphatic rings. The minimum Gasteiger partial charge on any atom is -0.465 e. The van der Waals surface area contributed by atoms with E-state index in [4.69, 9.17) is 9.47 Å². The molecule has 1 aliphatic heterocycles. The normalized spacial score (nSPS) is 20.4. The Morgan fingerprint density at radius 3 is 2.61 bits per heavy atom. The highest BCUT2D eigenvalue weighted by Gasteiger charge is 2.32. The third-order valence-electron chi connectivity index (χ3n) is 2.27. The third kappa shape index (κ3) is 4.76. The second kappa shape index (κ2) is 6.31. The van der Waals surface area contributed by atoms with Gasteiger partial charge in [-0.05, 0) is 27.7 Å². The molecule has 0 radical (unpaired) electrons. The molecule has 0 unspecified atom stereocenters. The molecule has 1 amide bonds. The monoisotopic (exact) mass is 275 g/mol. The van der Waals surface area contributed by atoms with Crippen LogP contribution >= 0.6 is 11.8 Å². The van der Waals surface area contributed by atoms with Gasteiger partial charge in [0.1, 0.15) is 10.9 Å². The smallest absolute Gasteiger partial charge is 0.410 e. The average molecular weight is 275 g/mol. The molecule has 0 aromatic rings. The Kier molecular flexibility index (Phi) is 5.31. The third-order valence-corrected chi connectivity index (χ3v) is 3.43. The molecule has 1 fully saturated rings. The van der Waals surface area contributed by atoms with Gasteiger partial charge in [-0.2, -0.15) is 0 Å². The summed E-state index contributed by atoms with van der Waals surface area (Å²) in [4.78, 5) is 25.1. The molecular weight excluding hydrogens is 254 g/mol. The Hall–Kier alpha value is -0.910. The molecule has 0 aliphatic carbocycles. The summed E-state index contributed by atoms with van der Waals surface area (Å²) in [6, 6.07) is 0. The van der Waals surface area contributed by atoms with Crippen molar-refractivity contribution in [3.8, 4) is 0 Å². The van der Waals surface area contributed by atoms with Crippen molar-refractivity contribution < 1.29 is 19.1 Å². The van der Waals surface area contributed by atoms with Gasteiger partial charge in [-0.15, -0.1) is 11.8 Å². The number of nitrogens with zero attached hydrogens (tertiary/aromatic N) is 1. The zero-order valence-electron chi connectivity index (χ0n) is 11.4. The van der Waals surface area contributed by atoms with Gasteiger partial charge < -0.3 is 14.4 Å². The number of esters is 1. The van der Waals surface area contributed by atoms with E-state index in [1.54, 1.807) is 11.8 Å². The average Bonchev–Trinajstić information content (AvgIpc) is 2.27. The van der Waals surface area contributed by atoms with Crippen LogP contribution in [0.15, 0.2) is 0 Å². The predicted octanol–water partition coefficient (Wildman–Crippen LogP) is 1.90. The fourth-order valence-corrected chi connectivity index (χ4v) is 2.62. The first-order valence-corrected chi connectivity index (χ1v) is 7.14. The van der Waals surface area contributed by atoms with Crippen LogP contribution in [0.3, 0.4) is 0 Å². The van der Waals surface area contributed by atoms with Crippen molar-refractivity contribution in [2.75, 3.05) is 25.4 Å². The van der Waals surface area contributed by atoms with Crippen LogP contribution in [-0.4, -0.2) is 53.3 Å². The van der Waals surface area contributed by atoms with Gasteiger partial charge in [-0.1, -0.05) is 0 Å². The van der Waals surface area contributed by atoms with Crippen molar-refractivity contribution in [2.24, 2.45) is 0 Å². The number of carbonyl (C=O) groups excluding carboxylic acids is 2. The number of ether oxygens (including phenoxy) is 2. The first kappa shape index (κ1) is 15.1. The van der Waals surface area contributed by atoms with E-state index in [9.17, 15) is 9.59 Å². The molecule has 0 aromatic carbocycles. The van der Waals surface area contributed by atoms with Gasteiger partial charge in [-0.25, -0.2) is 4.79 Å². The van der Waals surface area contributed by atoms with Crippen molar-refractivity contribution in [3.05, 3.63) is 0 Å². The maximum atomic E-state index is 11.9. The van der Waals surface area contributed by atoms with Crippen molar-refractivity contribution >= 4 is 23.8 Å². The van der Waals surface area contributed by atoms with Crippen LogP contribution in [0.2, 0.25) is 0 Å². The van der Waals surface area contributed by atoms with E-state index in [1.165, 1.54) is 11.8 Å². The number of hydrogen-bond donors (Lipinski definition) is 0. The summed E-state index contributed by atoms with van der Waals surface area (Å²) in [6.07, 6.45) is -0.364. The lowest BCUT2D eigenvalue weighted by Crippen LogP contribution is -2.46. The van der Waals surface area contributed by atoms with Gasteiger partial charge in [0.25, 0.3) is 0 Å². The molecule has 1 saturated heterocycles. The van der Waals surface area contributed by atoms with E-state index >= 15 is 0 Å². The van der Waals surface area contributed by atoms with Gasteiger partial charge in [-0.3, -0.25) is 4.79 Å². The first-order chi connectivity index (χ1) is 8.33. The largest absolute Gasteiger partial charge is 0.465 e. The Morgan fingerprint density at radius 1 is 1.39 bits per heavy atom. The van der Waals surface area contributed by atoms with Crippen LogP contribution < -0.4 is 0 Å². The Balaban J connectivity index is 2.53. The number of amides is 1. The molecule has 104 valence electrons. The molecule has 0 saturated carbocycles. The lowest BCUT2D eigenvalue weighted by atomic mass is 10.2. The molecule has 5 nitrogen and oxygen atoms in total. The van der Waals surface area contributed by atoms with Crippen LogP contribution in [0.4, 0.5) is 4.79 Å². The zero-order valence-corrected chi connectivity index (χ0v) is 12.2. The SMILES string of the molecule is CCOC(=O)[C@@H]1CN(C(=O)OC(C)(C)C)CCS1. The summed E-state index contributed by atoms with van der Waals surface area (Å²) >= 11 is 1.53. The summed E-state index contributed by atoms with van der Waals surface area (Å²) < 4.78 is 10.3. The van der Waals surface area contributed by atoms with Gasteiger partial charge in [0.2, 0.25) is 0 Å². The first-order valence-electron chi connectivity index (χ1n) is 6.09. The lowest BCUT2D eigenvalue weighted by Gasteiger charge is -2.32. The van der Waals surface area contributed by atoms with E-state index in [0.29, 0.717) is 19.7 Å². The molecular formula is C12H21NO4S. The van der Waals surface area contributed by atoms with Crippen LogP contribution in [0.1, 0.15) is 27.7 Å². The number of thioether (sulfide) groups is 1. The molecule has 1 rings (SSSR count). The van der Waals surface area contributed by atoms with E-state index < -0.39 is 5.60 Å². The molecule has 0 bridgehead atoms. The molecule has 0 spiro atoms. The molecule has 0 N–H and O–H groups in total. The van der Waals surface area contributed by atoms with Crippen LogP contribution in [-0.2, 0) is 14.3 Å². The van der Waals surface area contributed by atoms with Crippen LogP contribution in [0.25, 0.3) is 0 Å².